The number of nitrogens with two attached hydrogens (primary N) is 1. The monoisotopic (exact) mass is 220 g/mol. The molecule has 0 spiro atoms. The standard InChI is InChI=1S/C13H20N2O/c1-16-13-3-2-8-15(10-13)9-11-4-6-12(14)7-5-11/h4-7,13H,2-3,8-10,14H2,1H3. The van der Waals surface area contributed by atoms with E-state index in [1.54, 1.807) is 7.11 Å². The molecule has 1 heterocycles. The molecule has 3 heteroatoms. The van der Waals surface area contributed by atoms with Crippen molar-refractivity contribution in [3.8, 4) is 0 Å². The highest BCUT2D eigenvalue weighted by Gasteiger charge is 2.18. The van der Waals surface area contributed by atoms with Gasteiger partial charge < -0.3 is 10.5 Å². The van der Waals surface area contributed by atoms with Crippen molar-refractivity contribution in [2.45, 2.75) is 25.5 Å². The molecule has 2 N–H and O–H groups in total. The molecular weight excluding hydrogens is 200 g/mol. The van der Waals surface area contributed by atoms with Crippen LogP contribution in [0.2, 0.25) is 0 Å². The first kappa shape index (κ1) is 11.4. The van der Waals surface area contributed by atoms with Gasteiger partial charge in [0.05, 0.1) is 6.10 Å². The van der Waals surface area contributed by atoms with Crippen LogP contribution in [0.25, 0.3) is 0 Å². The number of methoxy groups -OCH3 is 1. The topological polar surface area (TPSA) is 38.5 Å². The molecule has 0 amide bonds. The smallest absolute Gasteiger partial charge is 0.0698 e. The highest BCUT2D eigenvalue weighted by Crippen LogP contribution is 2.16. The van der Waals surface area contributed by atoms with Gasteiger partial charge in [-0.15, -0.1) is 0 Å². The van der Waals surface area contributed by atoms with E-state index in [1.807, 2.05) is 12.1 Å². The van der Waals surface area contributed by atoms with Crippen LogP contribution in [0.15, 0.2) is 24.3 Å². The van der Waals surface area contributed by atoms with Gasteiger partial charge in [0.25, 0.3) is 0 Å². The van der Waals surface area contributed by atoms with Gasteiger partial charge in [-0.1, -0.05) is 12.1 Å². The molecule has 1 aromatic rings. The van der Waals surface area contributed by atoms with Crippen LogP contribution in [0, 0.1) is 0 Å². The molecule has 3 nitrogen and oxygen atoms in total. The number of hydrogen-bond donors (Lipinski definition) is 1. The summed E-state index contributed by atoms with van der Waals surface area (Å²) in [7, 11) is 1.80. The van der Waals surface area contributed by atoms with E-state index < -0.39 is 0 Å². The van der Waals surface area contributed by atoms with Crippen molar-refractivity contribution >= 4 is 5.69 Å². The van der Waals surface area contributed by atoms with E-state index in [2.05, 4.69) is 17.0 Å². The Bertz CT molecular complexity index is 323. The van der Waals surface area contributed by atoms with Gasteiger partial charge in [0.2, 0.25) is 0 Å². The van der Waals surface area contributed by atoms with E-state index in [0.717, 1.165) is 18.8 Å². The second-order valence-corrected chi connectivity index (χ2v) is 4.48. The van der Waals surface area contributed by atoms with Gasteiger partial charge in [-0.2, -0.15) is 0 Å². The molecule has 2 rings (SSSR count). The zero-order valence-corrected chi connectivity index (χ0v) is 9.86. The lowest BCUT2D eigenvalue weighted by Gasteiger charge is -2.31. The maximum Gasteiger partial charge on any atom is 0.0698 e. The number of nitrogen functional groups attached to an aromatic ring is 1. The van der Waals surface area contributed by atoms with Crippen LogP contribution in [0.1, 0.15) is 18.4 Å². The van der Waals surface area contributed by atoms with Gasteiger partial charge in [0, 0.05) is 25.9 Å². The van der Waals surface area contributed by atoms with Crippen molar-refractivity contribution in [1.82, 2.24) is 4.90 Å². The minimum absolute atomic E-state index is 0.405. The quantitative estimate of drug-likeness (QED) is 0.790. The maximum atomic E-state index is 5.67. The molecule has 16 heavy (non-hydrogen) atoms. The third-order valence-electron chi connectivity index (χ3n) is 3.18. The Morgan fingerprint density at radius 3 is 2.81 bits per heavy atom. The summed E-state index contributed by atoms with van der Waals surface area (Å²) in [6.07, 6.45) is 2.82. The fourth-order valence-corrected chi connectivity index (χ4v) is 2.23. The van der Waals surface area contributed by atoms with Crippen LogP contribution < -0.4 is 5.73 Å². The molecule has 0 aromatic heterocycles. The lowest BCUT2D eigenvalue weighted by Crippen LogP contribution is -2.38. The largest absolute Gasteiger partial charge is 0.399 e. The number of anilines is 1. The summed E-state index contributed by atoms with van der Waals surface area (Å²) in [5.74, 6) is 0. The van der Waals surface area contributed by atoms with Crippen LogP contribution >= 0.6 is 0 Å². The van der Waals surface area contributed by atoms with E-state index in [-0.39, 0.29) is 0 Å². The lowest BCUT2D eigenvalue weighted by atomic mass is 10.1. The predicted octanol–water partition coefficient (Wildman–Crippen LogP) is 1.88. The van der Waals surface area contributed by atoms with Crippen LogP contribution in [-0.4, -0.2) is 31.2 Å². The minimum atomic E-state index is 0.405. The lowest BCUT2D eigenvalue weighted by molar-refractivity contribution is 0.0285. The van der Waals surface area contributed by atoms with Crippen molar-refractivity contribution in [2.24, 2.45) is 0 Å². The van der Waals surface area contributed by atoms with Crippen LogP contribution in [0.5, 0.6) is 0 Å². The molecule has 0 aliphatic carbocycles. The highest BCUT2D eigenvalue weighted by atomic mass is 16.5. The average molecular weight is 220 g/mol. The maximum absolute atomic E-state index is 5.67. The average Bonchev–Trinajstić information content (AvgIpc) is 2.32. The normalized spacial score (nSPS) is 22.2. The van der Waals surface area contributed by atoms with Gasteiger partial charge in [0.1, 0.15) is 0 Å². The number of rotatable bonds is 3. The Morgan fingerprint density at radius 1 is 1.38 bits per heavy atom. The Balaban J connectivity index is 1.91. The first-order chi connectivity index (χ1) is 7.78. The van der Waals surface area contributed by atoms with Crippen molar-refractivity contribution < 1.29 is 4.74 Å². The summed E-state index contributed by atoms with van der Waals surface area (Å²) in [6.45, 7) is 3.21. The van der Waals surface area contributed by atoms with Gasteiger partial charge in [-0.25, -0.2) is 0 Å². The summed E-state index contributed by atoms with van der Waals surface area (Å²) in [5.41, 5.74) is 7.83. The number of nitrogens with zero attached hydrogens (tertiary/aromatic N) is 1. The van der Waals surface area contributed by atoms with Crippen molar-refractivity contribution in [3.63, 3.8) is 0 Å². The first-order valence-electron chi connectivity index (χ1n) is 5.87. The van der Waals surface area contributed by atoms with E-state index >= 15 is 0 Å². The van der Waals surface area contributed by atoms with Gasteiger partial charge in [0.15, 0.2) is 0 Å². The molecule has 0 bridgehead atoms. The molecule has 1 saturated heterocycles. The fraction of sp³-hybridized carbons (Fsp3) is 0.538. The summed E-state index contributed by atoms with van der Waals surface area (Å²) < 4.78 is 5.42. The number of benzene rings is 1. The molecule has 1 aliphatic rings. The molecule has 0 radical (unpaired) electrons. The number of ether oxygens (including phenoxy) is 1. The molecule has 0 saturated carbocycles. The fourth-order valence-electron chi connectivity index (χ4n) is 2.23. The van der Waals surface area contributed by atoms with Crippen LogP contribution in [-0.2, 0) is 11.3 Å². The summed E-state index contributed by atoms with van der Waals surface area (Å²) in [5, 5.41) is 0. The molecule has 1 atom stereocenters. The molecular formula is C13H20N2O. The van der Waals surface area contributed by atoms with Crippen LogP contribution in [0.3, 0.4) is 0 Å². The summed E-state index contributed by atoms with van der Waals surface area (Å²) >= 11 is 0. The molecule has 1 aromatic carbocycles. The second kappa shape index (κ2) is 5.32. The van der Waals surface area contributed by atoms with Gasteiger partial charge >= 0.3 is 0 Å². The number of piperidine rings is 1. The second-order valence-electron chi connectivity index (χ2n) is 4.48. The van der Waals surface area contributed by atoms with Crippen molar-refractivity contribution in [1.29, 1.82) is 0 Å². The minimum Gasteiger partial charge on any atom is -0.399 e. The molecule has 1 fully saturated rings. The molecule has 1 aliphatic heterocycles. The zero-order valence-electron chi connectivity index (χ0n) is 9.86. The van der Waals surface area contributed by atoms with Crippen LogP contribution in [0.4, 0.5) is 5.69 Å². The van der Waals surface area contributed by atoms with Gasteiger partial charge in [-0.05, 0) is 37.1 Å². The number of hydrogen-bond acceptors (Lipinski definition) is 3. The van der Waals surface area contributed by atoms with E-state index in [9.17, 15) is 0 Å². The summed E-state index contributed by atoms with van der Waals surface area (Å²) in [6, 6.07) is 8.14. The molecule has 1 unspecified atom stereocenters. The Hall–Kier alpha value is -1.06. The van der Waals surface area contributed by atoms with E-state index in [4.69, 9.17) is 10.5 Å². The summed E-state index contributed by atoms with van der Waals surface area (Å²) in [4.78, 5) is 2.45. The highest BCUT2D eigenvalue weighted by molar-refractivity contribution is 5.39. The zero-order chi connectivity index (χ0) is 11.4. The van der Waals surface area contributed by atoms with E-state index in [1.165, 1.54) is 24.9 Å². The Kier molecular flexibility index (Phi) is 3.80. The first-order valence-corrected chi connectivity index (χ1v) is 5.87. The predicted molar refractivity (Wildman–Crippen MR) is 66.2 cm³/mol. The van der Waals surface area contributed by atoms with Crippen molar-refractivity contribution in [2.75, 3.05) is 25.9 Å². The SMILES string of the molecule is COC1CCCN(Cc2ccc(N)cc2)C1. The Morgan fingerprint density at radius 2 is 2.12 bits per heavy atom. The van der Waals surface area contributed by atoms with Crippen molar-refractivity contribution in [3.05, 3.63) is 29.8 Å². The van der Waals surface area contributed by atoms with E-state index in [0.29, 0.717) is 6.10 Å². The van der Waals surface area contributed by atoms with Gasteiger partial charge in [-0.3, -0.25) is 4.90 Å². The molecule has 88 valence electrons. The third-order valence-corrected chi connectivity index (χ3v) is 3.18. The third kappa shape index (κ3) is 2.97. The number of likely N-dealkylation sites (tertiary alicyclic amines) is 1. The Labute approximate surface area is 97.2 Å².